The SMILES string of the molecule is COc1cc2c3c(c(NC4CCC(OC=O)CC4)nc2cc1OCCCN1CCCC1)CCC3. The summed E-state index contributed by atoms with van der Waals surface area (Å²) in [5.74, 6) is 2.59. The number of carbonyl (C=O) groups excluding carboxylic acids is 1. The maximum atomic E-state index is 10.6. The van der Waals surface area contributed by atoms with E-state index < -0.39 is 0 Å². The third-order valence-electron chi connectivity index (χ3n) is 7.68. The number of likely N-dealkylation sites (tertiary alicyclic amines) is 1. The van der Waals surface area contributed by atoms with E-state index in [1.165, 1.54) is 42.4 Å². The molecule has 2 heterocycles. The quantitative estimate of drug-likeness (QED) is 0.408. The van der Waals surface area contributed by atoms with Gasteiger partial charge in [0.15, 0.2) is 11.5 Å². The lowest BCUT2D eigenvalue weighted by Gasteiger charge is -2.29. The van der Waals surface area contributed by atoms with Crippen molar-refractivity contribution in [3.05, 3.63) is 23.3 Å². The van der Waals surface area contributed by atoms with E-state index in [1.54, 1.807) is 7.11 Å². The van der Waals surface area contributed by atoms with Gasteiger partial charge in [0.1, 0.15) is 11.9 Å². The number of pyridine rings is 1. The van der Waals surface area contributed by atoms with Crippen LogP contribution in [0.4, 0.5) is 5.82 Å². The van der Waals surface area contributed by atoms with E-state index in [0.29, 0.717) is 19.1 Å². The second-order valence-electron chi connectivity index (χ2n) is 9.89. The first-order valence-electron chi connectivity index (χ1n) is 13.0. The number of fused-ring (bicyclic) bond motifs is 3. The molecule has 0 amide bonds. The summed E-state index contributed by atoms with van der Waals surface area (Å²) in [5, 5.41) is 4.92. The molecule has 7 heteroatoms. The van der Waals surface area contributed by atoms with E-state index in [1.807, 2.05) is 0 Å². The van der Waals surface area contributed by atoms with Gasteiger partial charge in [-0.15, -0.1) is 0 Å². The number of hydrogen-bond donors (Lipinski definition) is 1. The molecule has 5 rings (SSSR count). The number of anilines is 1. The first kappa shape index (κ1) is 23.2. The Bertz CT molecular complexity index is 997. The zero-order valence-electron chi connectivity index (χ0n) is 20.3. The first-order valence-corrected chi connectivity index (χ1v) is 13.0. The number of benzene rings is 1. The molecule has 2 aliphatic carbocycles. The number of rotatable bonds is 10. The van der Waals surface area contributed by atoms with Gasteiger partial charge < -0.3 is 24.4 Å². The predicted molar refractivity (Wildman–Crippen MR) is 133 cm³/mol. The standard InChI is InChI=1S/C27H37N3O4/c1-32-25-16-23-21-6-4-7-22(21)27(28-19-8-10-20(11-9-19)34-18-31)29-24(23)17-26(25)33-15-5-14-30-12-2-3-13-30/h16-20H,2-15H2,1H3,(H,28,29). The fourth-order valence-electron chi connectivity index (χ4n) is 5.86. The number of aromatic nitrogens is 1. The molecule has 1 N–H and O–H groups in total. The molecule has 0 bridgehead atoms. The summed E-state index contributed by atoms with van der Waals surface area (Å²) >= 11 is 0. The molecule has 0 atom stereocenters. The van der Waals surface area contributed by atoms with E-state index in [9.17, 15) is 4.79 Å². The summed E-state index contributed by atoms with van der Waals surface area (Å²) in [7, 11) is 1.71. The molecule has 0 spiro atoms. The minimum Gasteiger partial charge on any atom is -0.493 e. The van der Waals surface area contributed by atoms with E-state index in [2.05, 4.69) is 22.3 Å². The third kappa shape index (κ3) is 5.09. The average molecular weight is 468 g/mol. The lowest BCUT2D eigenvalue weighted by molar-refractivity contribution is -0.134. The van der Waals surface area contributed by atoms with Crippen molar-refractivity contribution in [3.63, 3.8) is 0 Å². The summed E-state index contributed by atoms with van der Waals surface area (Å²) in [4.78, 5) is 18.2. The zero-order chi connectivity index (χ0) is 23.3. The Hall–Kier alpha value is -2.54. The number of aryl methyl sites for hydroxylation is 1. The number of nitrogens with zero attached hydrogens (tertiary/aromatic N) is 2. The van der Waals surface area contributed by atoms with Crippen molar-refractivity contribution in [2.75, 3.05) is 38.7 Å². The van der Waals surface area contributed by atoms with Crippen LogP contribution in [-0.4, -0.2) is 61.9 Å². The van der Waals surface area contributed by atoms with Crippen molar-refractivity contribution < 1.29 is 19.0 Å². The molecule has 1 aromatic heterocycles. The third-order valence-corrected chi connectivity index (χ3v) is 7.68. The molecular formula is C27H37N3O4. The fourth-order valence-corrected chi connectivity index (χ4v) is 5.86. The highest BCUT2D eigenvalue weighted by molar-refractivity contribution is 5.89. The fraction of sp³-hybridized carbons (Fsp3) is 0.630. The Labute approximate surface area is 202 Å². The summed E-state index contributed by atoms with van der Waals surface area (Å²) in [6.45, 7) is 4.79. The lowest BCUT2D eigenvalue weighted by atomic mass is 9.92. The molecule has 34 heavy (non-hydrogen) atoms. The highest BCUT2D eigenvalue weighted by atomic mass is 16.5. The van der Waals surface area contributed by atoms with Crippen molar-refractivity contribution in [1.82, 2.24) is 9.88 Å². The van der Waals surface area contributed by atoms with E-state index in [-0.39, 0.29) is 6.10 Å². The molecule has 1 aromatic carbocycles. The molecule has 3 aliphatic rings. The molecule has 7 nitrogen and oxygen atoms in total. The van der Waals surface area contributed by atoms with Crippen LogP contribution in [0.1, 0.15) is 62.5 Å². The van der Waals surface area contributed by atoms with Crippen LogP contribution < -0.4 is 14.8 Å². The monoisotopic (exact) mass is 467 g/mol. The van der Waals surface area contributed by atoms with Gasteiger partial charge in [-0.05, 0) is 94.5 Å². The van der Waals surface area contributed by atoms with Crippen molar-refractivity contribution in [1.29, 1.82) is 0 Å². The van der Waals surface area contributed by atoms with Crippen LogP contribution in [0.2, 0.25) is 0 Å². The van der Waals surface area contributed by atoms with Crippen LogP contribution >= 0.6 is 0 Å². The van der Waals surface area contributed by atoms with Crippen molar-refractivity contribution in [3.8, 4) is 11.5 Å². The summed E-state index contributed by atoms with van der Waals surface area (Å²) in [6.07, 6.45) is 10.8. The molecule has 184 valence electrons. The topological polar surface area (TPSA) is 72.9 Å². The average Bonchev–Trinajstić information content (AvgIpc) is 3.56. The lowest BCUT2D eigenvalue weighted by Crippen LogP contribution is -2.30. The van der Waals surface area contributed by atoms with Gasteiger partial charge >= 0.3 is 0 Å². The molecule has 2 aromatic rings. The van der Waals surface area contributed by atoms with Crippen molar-refractivity contribution in [2.24, 2.45) is 0 Å². The number of hydrogen-bond acceptors (Lipinski definition) is 7. The van der Waals surface area contributed by atoms with Crippen LogP contribution in [0.25, 0.3) is 10.9 Å². The van der Waals surface area contributed by atoms with E-state index >= 15 is 0 Å². The zero-order valence-corrected chi connectivity index (χ0v) is 20.3. The number of ether oxygens (including phenoxy) is 3. The largest absolute Gasteiger partial charge is 0.493 e. The normalized spacial score (nSPS) is 22.5. The van der Waals surface area contributed by atoms with E-state index in [4.69, 9.17) is 19.2 Å². The van der Waals surface area contributed by atoms with Crippen LogP contribution in [-0.2, 0) is 22.4 Å². The summed E-state index contributed by atoms with van der Waals surface area (Å²) in [6, 6.07) is 4.54. The Morgan fingerprint density at radius 1 is 1.06 bits per heavy atom. The Morgan fingerprint density at radius 3 is 2.62 bits per heavy atom. The number of nitrogens with one attached hydrogen (secondary N) is 1. The summed E-state index contributed by atoms with van der Waals surface area (Å²) < 4.78 is 17.1. The molecule has 1 aliphatic heterocycles. The van der Waals surface area contributed by atoms with Gasteiger partial charge in [-0.3, -0.25) is 4.79 Å². The minimum absolute atomic E-state index is 0.0588. The van der Waals surface area contributed by atoms with Gasteiger partial charge in [-0.25, -0.2) is 4.98 Å². The van der Waals surface area contributed by atoms with Gasteiger partial charge in [0.2, 0.25) is 0 Å². The maximum Gasteiger partial charge on any atom is 0.293 e. The van der Waals surface area contributed by atoms with Gasteiger partial charge in [-0.2, -0.15) is 0 Å². The highest BCUT2D eigenvalue weighted by Crippen LogP contribution is 2.40. The first-order chi connectivity index (χ1) is 16.7. The second kappa shape index (κ2) is 10.8. The van der Waals surface area contributed by atoms with Crippen molar-refractivity contribution >= 4 is 23.2 Å². The number of methoxy groups -OCH3 is 1. The minimum atomic E-state index is 0.0588. The van der Waals surface area contributed by atoms with Crippen molar-refractivity contribution in [2.45, 2.75) is 76.4 Å². The van der Waals surface area contributed by atoms with Crippen LogP contribution in [0.3, 0.4) is 0 Å². The van der Waals surface area contributed by atoms with Gasteiger partial charge in [0, 0.05) is 24.0 Å². The van der Waals surface area contributed by atoms with Gasteiger partial charge in [-0.1, -0.05) is 0 Å². The predicted octanol–water partition coefficient (Wildman–Crippen LogP) is 4.49. The smallest absolute Gasteiger partial charge is 0.293 e. The summed E-state index contributed by atoms with van der Waals surface area (Å²) in [5.41, 5.74) is 3.71. The van der Waals surface area contributed by atoms with E-state index in [0.717, 1.165) is 80.7 Å². The Morgan fingerprint density at radius 2 is 1.85 bits per heavy atom. The van der Waals surface area contributed by atoms with Crippen LogP contribution in [0.15, 0.2) is 12.1 Å². The Balaban J connectivity index is 1.32. The van der Waals surface area contributed by atoms with Crippen LogP contribution in [0, 0.1) is 0 Å². The van der Waals surface area contributed by atoms with Gasteiger partial charge in [0.05, 0.1) is 19.2 Å². The van der Waals surface area contributed by atoms with Crippen LogP contribution in [0.5, 0.6) is 11.5 Å². The van der Waals surface area contributed by atoms with Gasteiger partial charge in [0.25, 0.3) is 6.47 Å². The molecule has 2 fully saturated rings. The second-order valence-corrected chi connectivity index (χ2v) is 9.89. The number of carbonyl (C=O) groups is 1. The molecular weight excluding hydrogens is 430 g/mol. The molecule has 1 saturated carbocycles. The highest BCUT2D eigenvalue weighted by Gasteiger charge is 2.26. The Kier molecular flexibility index (Phi) is 7.38. The molecule has 0 unspecified atom stereocenters. The molecule has 0 radical (unpaired) electrons. The molecule has 1 saturated heterocycles. The maximum absolute atomic E-state index is 10.6.